The third kappa shape index (κ3) is 2.68. The average Bonchev–Trinajstić information content (AvgIpc) is 2.04. The van der Waals surface area contributed by atoms with Crippen LogP contribution >= 0.6 is 0 Å². The molecule has 0 saturated carbocycles. The van der Waals surface area contributed by atoms with Crippen molar-refractivity contribution in [2.45, 2.75) is 13.1 Å². The van der Waals surface area contributed by atoms with Crippen LogP contribution in [-0.4, -0.2) is 19.3 Å². The second kappa shape index (κ2) is 3.72. The molecular weight excluding hydrogens is 181 g/mol. The Hall–Kier alpha value is -1.13. The maximum absolute atomic E-state index is 12.1. The lowest BCUT2D eigenvalue weighted by atomic mass is 10.2. The molecule has 5 heteroatoms. The van der Waals surface area contributed by atoms with Gasteiger partial charge in [0.15, 0.2) is 0 Å². The van der Waals surface area contributed by atoms with E-state index in [2.05, 4.69) is 10.6 Å². The molecule has 1 rings (SSSR count). The number of alkyl halides is 3. The Labute approximate surface area is 74.5 Å². The highest BCUT2D eigenvalue weighted by molar-refractivity contribution is 5.26. The highest BCUT2D eigenvalue weighted by Crippen LogP contribution is 2.26. The summed E-state index contributed by atoms with van der Waals surface area (Å²) in [5.41, 5.74) is -0.547. The van der Waals surface area contributed by atoms with Gasteiger partial charge in [-0.1, -0.05) is 0 Å². The summed E-state index contributed by atoms with van der Waals surface area (Å²) in [6.07, 6.45) is -1.73. The van der Waals surface area contributed by atoms with Crippen molar-refractivity contribution in [3.8, 4) is 0 Å². The summed E-state index contributed by atoms with van der Waals surface area (Å²) in [5, 5.41) is 5.53. The second-order valence-corrected chi connectivity index (χ2v) is 2.65. The third-order valence-corrected chi connectivity index (χ3v) is 1.65. The minimum absolute atomic E-state index is 0.164. The van der Waals surface area contributed by atoms with Crippen LogP contribution in [0.1, 0.15) is 6.92 Å². The molecule has 0 atom stereocenters. The van der Waals surface area contributed by atoms with Gasteiger partial charge in [0.05, 0.1) is 11.4 Å². The van der Waals surface area contributed by atoms with Crippen LogP contribution in [0.2, 0.25) is 0 Å². The summed E-state index contributed by atoms with van der Waals surface area (Å²) in [4.78, 5) is 0. The van der Waals surface area contributed by atoms with E-state index >= 15 is 0 Å². The Morgan fingerprint density at radius 3 is 2.54 bits per heavy atom. The molecule has 74 valence electrons. The van der Waals surface area contributed by atoms with Gasteiger partial charge in [-0.2, -0.15) is 13.2 Å². The monoisotopic (exact) mass is 192 g/mol. The number of dihydropyridines is 1. The van der Waals surface area contributed by atoms with Crippen molar-refractivity contribution in [1.82, 2.24) is 10.6 Å². The fourth-order valence-corrected chi connectivity index (χ4v) is 0.999. The maximum atomic E-state index is 12.1. The summed E-state index contributed by atoms with van der Waals surface area (Å²) in [5.74, 6) is 0.635. The molecule has 2 N–H and O–H groups in total. The summed E-state index contributed by atoms with van der Waals surface area (Å²) >= 11 is 0. The number of hydrogen-bond acceptors (Lipinski definition) is 2. The van der Waals surface area contributed by atoms with Crippen molar-refractivity contribution in [3.63, 3.8) is 0 Å². The van der Waals surface area contributed by atoms with Gasteiger partial charge in [-0.25, -0.2) is 0 Å². The zero-order valence-corrected chi connectivity index (χ0v) is 7.20. The van der Waals surface area contributed by atoms with Crippen LogP contribution in [-0.2, 0) is 0 Å². The van der Waals surface area contributed by atoms with E-state index in [4.69, 9.17) is 0 Å². The molecule has 0 unspecified atom stereocenters. The van der Waals surface area contributed by atoms with E-state index in [-0.39, 0.29) is 6.54 Å². The largest absolute Gasteiger partial charge is 0.414 e. The number of hydrogen-bond donors (Lipinski definition) is 2. The first-order valence-corrected chi connectivity index (χ1v) is 4.00. The molecule has 0 saturated heterocycles. The van der Waals surface area contributed by atoms with Crippen molar-refractivity contribution in [2.24, 2.45) is 0 Å². The Balaban J connectivity index is 2.65. The lowest BCUT2D eigenvalue weighted by Crippen LogP contribution is -2.33. The smallest absolute Gasteiger partial charge is 0.372 e. The maximum Gasteiger partial charge on any atom is 0.414 e. The summed E-state index contributed by atoms with van der Waals surface area (Å²) in [6.45, 7) is 2.40. The quantitative estimate of drug-likeness (QED) is 0.693. The number of halogens is 3. The van der Waals surface area contributed by atoms with Crippen LogP contribution in [0.3, 0.4) is 0 Å². The van der Waals surface area contributed by atoms with E-state index in [1.807, 2.05) is 6.92 Å². The molecule has 0 spiro atoms. The predicted molar refractivity (Wildman–Crippen MR) is 43.9 cm³/mol. The Bertz CT molecular complexity index is 240. The molecule has 1 aliphatic heterocycles. The van der Waals surface area contributed by atoms with Crippen LogP contribution in [0.4, 0.5) is 13.2 Å². The standard InChI is InChI=1S/C8H11F3N2/c1-2-12-7-4-3-6(5-13-7)8(9,10)11/h3-4,12-13H,2,5H2,1H3. The van der Waals surface area contributed by atoms with E-state index in [9.17, 15) is 13.2 Å². The van der Waals surface area contributed by atoms with E-state index in [0.717, 1.165) is 6.08 Å². The lowest BCUT2D eigenvalue weighted by molar-refractivity contribution is -0.0929. The summed E-state index contributed by atoms with van der Waals surface area (Å²) in [7, 11) is 0. The molecule has 1 aliphatic rings. The lowest BCUT2D eigenvalue weighted by Gasteiger charge is -2.19. The first kappa shape index (κ1) is 9.95. The Kier molecular flexibility index (Phi) is 2.85. The molecule has 0 aromatic rings. The zero-order chi connectivity index (χ0) is 9.90. The normalized spacial score (nSPS) is 17.2. The fraction of sp³-hybridized carbons (Fsp3) is 0.500. The van der Waals surface area contributed by atoms with Gasteiger partial charge in [-0.05, 0) is 19.1 Å². The highest BCUT2D eigenvalue weighted by Gasteiger charge is 2.33. The SMILES string of the molecule is CCNC1=CC=C(C(F)(F)F)CN1. The average molecular weight is 192 g/mol. The van der Waals surface area contributed by atoms with Gasteiger partial charge < -0.3 is 10.6 Å². The molecule has 0 aliphatic carbocycles. The van der Waals surface area contributed by atoms with Gasteiger partial charge in [0.2, 0.25) is 0 Å². The molecule has 0 radical (unpaired) electrons. The zero-order valence-electron chi connectivity index (χ0n) is 7.20. The molecule has 1 heterocycles. The minimum atomic E-state index is -4.22. The van der Waals surface area contributed by atoms with Gasteiger partial charge in [0.1, 0.15) is 0 Å². The van der Waals surface area contributed by atoms with E-state index < -0.39 is 11.7 Å². The van der Waals surface area contributed by atoms with Crippen LogP contribution in [0, 0.1) is 0 Å². The van der Waals surface area contributed by atoms with Crippen LogP contribution < -0.4 is 10.6 Å². The number of rotatable bonds is 2. The van der Waals surface area contributed by atoms with Crippen LogP contribution in [0.5, 0.6) is 0 Å². The predicted octanol–water partition coefficient (Wildman–Crippen LogP) is 1.53. The van der Waals surface area contributed by atoms with Crippen LogP contribution in [0.15, 0.2) is 23.5 Å². The second-order valence-electron chi connectivity index (χ2n) is 2.65. The highest BCUT2D eigenvalue weighted by atomic mass is 19.4. The van der Waals surface area contributed by atoms with Gasteiger partial charge in [-0.15, -0.1) is 0 Å². The number of allylic oxidation sites excluding steroid dienone is 2. The van der Waals surface area contributed by atoms with E-state index in [0.29, 0.717) is 12.4 Å². The van der Waals surface area contributed by atoms with E-state index in [1.165, 1.54) is 6.08 Å². The Morgan fingerprint density at radius 1 is 1.46 bits per heavy atom. The van der Waals surface area contributed by atoms with Crippen molar-refractivity contribution < 1.29 is 13.2 Å². The molecule has 0 fully saturated rings. The summed E-state index contributed by atoms with van der Waals surface area (Å²) in [6, 6.07) is 0. The molecule has 0 bridgehead atoms. The van der Waals surface area contributed by atoms with Gasteiger partial charge in [-0.3, -0.25) is 0 Å². The van der Waals surface area contributed by atoms with Crippen molar-refractivity contribution in [1.29, 1.82) is 0 Å². The van der Waals surface area contributed by atoms with Crippen molar-refractivity contribution in [3.05, 3.63) is 23.5 Å². The summed E-state index contributed by atoms with van der Waals surface area (Å²) < 4.78 is 36.3. The van der Waals surface area contributed by atoms with Crippen molar-refractivity contribution in [2.75, 3.05) is 13.1 Å². The molecular formula is C8H11F3N2. The van der Waals surface area contributed by atoms with Gasteiger partial charge >= 0.3 is 6.18 Å². The third-order valence-electron chi connectivity index (χ3n) is 1.65. The minimum Gasteiger partial charge on any atom is -0.372 e. The number of nitrogens with one attached hydrogen (secondary N) is 2. The first-order valence-electron chi connectivity index (χ1n) is 4.00. The molecule has 0 aromatic heterocycles. The van der Waals surface area contributed by atoms with Crippen molar-refractivity contribution >= 4 is 0 Å². The van der Waals surface area contributed by atoms with Gasteiger partial charge in [0, 0.05) is 13.1 Å². The molecule has 13 heavy (non-hydrogen) atoms. The molecule has 0 amide bonds. The van der Waals surface area contributed by atoms with E-state index in [1.54, 1.807) is 0 Å². The fourth-order valence-electron chi connectivity index (χ4n) is 0.999. The molecule has 0 aromatic carbocycles. The topological polar surface area (TPSA) is 24.1 Å². The van der Waals surface area contributed by atoms with Gasteiger partial charge in [0.25, 0.3) is 0 Å². The molecule has 2 nitrogen and oxygen atoms in total. The van der Waals surface area contributed by atoms with Crippen LogP contribution in [0.25, 0.3) is 0 Å². The first-order chi connectivity index (χ1) is 6.04. The Morgan fingerprint density at radius 2 is 2.15 bits per heavy atom.